The minimum absolute atomic E-state index is 0.827. The van der Waals surface area contributed by atoms with Crippen molar-refractivity contribution in [1.82, 2.24) is 5.32 Å². The van der Waals surface area contributed by atoms with E-state index in [4.69, 9.17) is 0 Å². The molecule has 0 amide bonds. The average molecular weight is 265 g/mol. The molecule has 1 heteroatoms. The van der Waals surface area contributed by atoms with Crippen molar-refractivity contribution in [1.29, 1.82) is 0 Å². The SMILES string of the molecule is CCNC(C1CCCCCC1)C1CCCCC1CC. The van der Waals surface area contributed by atoms with Crippen molar-refractivity contribution in [3.05, 3.63) is 0 Å². The molecule has 1 N–H and O–H groups in total. The van der Waals surface area contributed by atoms with Gasteiger partial charge in [0.2, 0.25) is 0 Å². The van der Waals surface area contributed by atoms with Crippen LogP contribution in [0, 0.1) is 17.8 Å². The fourth-order valence-corrected chi connectivity index (χ4v) is 4.79. The molecule has 0 bridgehead atoms. The summed E-state index contributed by atoms with van der Waals surface area (Å²) in [4.78, 5) is 0. The summed E-state index contributed by atoms with van der Waals surface area (Å²) < 4.78 is 0. The molecule has 0 heterocycles. The van der Waals surface area contributed by atoms with Gasteiger partial charge in [0.05, 0.1) is 0 Å². The van der Waals surface area contributed by atoms with Crippen LogP contribution in [0.4, 0.5) is 0 Å². The largest absolute Gasteiger partial charge is 0.314 e. The first-order valence-electron chi connectivity index (χ1n) is 9.10. The van der Waals surface area contributed by atoms with Crippen LogP contribution in [0.3, 0.4) is 0 Å². The zero-order valence-electron chi connectivity index (χ0n) is 13.3. The van der Waals surface area contributed by atoms with Crippen molar-refractivity contribution in [2.24, 2.45) is 17.8 Å². The highest BCUT2D eigenvalue weighted by Gasteiger charge is 2.34. The third-order valence-electron chi connectivity index (χ3n) is 5.80. The molecule has 0 aromatic carbocycles. The number of hydrogen-bond donors (Lipinski definition) is 1. The van der Waals surface area contributed by atoms with Crippen LogP contribution >= 0.6 is 0 Å². The summed E-state index contributed by atoms with van der Waals surface area (Å²) in [5, 5.41) is 3.91. The minimum Gasteiger partial charge on any atom is -0.314 e. The molecule has 2 fully saturated rings. The molecular weight excluding hydrogens is 230 g/mol. The van der Waals surface area contributed by atoms with Crippen LogP contribution in [-0.2, 0) is 0 Å². The molecule has 3 unspecified atom stereocenters. The molecule has 0 aliphatic heterocycles. The van der Waals surface area contributed by atoms with Crippen molar-refractivity contribution in [3.63, 3.8) is 0 Å². The normalized spacial score (nSPS) is 31.9. The number of nitrogens with one attached hydrogen (secondary N) is 1. The summed E-state index contributed by atoms with van der Waals surface area (Å²) in [6, 6.07) is 0.827. The van der Waals surface area contributed by atoms with Gasteiger partial charge in [-0.25, -0.2) is 0 Å². The molecule has 2 rings (SSSR count). The van der Waals surface area contributed by atoms with Crippen molar-refractivity contribution in [2.45, 2.75) is 90.5 Å². The Morgan fingerprint density at radius 2 is 1.47 bits per heavy atom. The van der Waals surface area contributed by atoms with Gasteiger partial charge in [-0.2, -0.15) is 0 Å². The first kappa shape index (κ1) is 15.4. The van der Waals surface area contributed by atoms with Crippen molar-refractivity contribution in [3.8, 4) is 0 Å². The Hall–Kier alpha value is -0.0400. The highest BCUT2D eigenvalue weighted by Crippen LogP contribution is 2.39. The van der Waals surface area contributed by atoms with E-state index < -0.39 is 0 Å². The van der Waals surface area contributed by atoms with Crippen molar-refractivity contribution < 1.29 is 0 Å². The maximum atomic E-state index is 3.91. The van der Waals surface area contributed by atoms with Gasteiger partial charge in [-0.05, 0) is 43.6 Å². The molecule has 0 radical (unpaired) electrons. The standard InChI is InChI=1S/C18H35N/c1-3-15-11-9-10-14-17(15)18(19-4-2)16-12-7-5-6-8-13-16/h15-19H,3-14H2,1-2H3. The lowest BCUT2D eigenvalue weighted by Crippen LogP contribution is -2.46. The lowest BCUT2D eigenvalue weighted by Gasteiger charge is -2.41. The lowest BCUT2D eigenvalue weighted by molar-refractivity contribution is 0.130. The van der Waals surface area contributed by atoms with E-state index in [-0.39, 0.29) is 0 Å². The Morgan fingerprint density at radius 3 is 2.11 bits per heavy atom. The molecule has 0 saturated heterocycles. The minimum atomic E-state index is 0.827. The maximum absolute atomic E-state index is 3.91. The van der Waals surface area contributed by atoms with Crippen LogP contribution in [0.15, 0.2) is 0 Å². The summed E-state index contributed by atoms with van der Waals surface area (Å²) >= 11 is 0. The molecule has 2 saturated carbocycles. The predicted molar refractivity (Wildman–Crippen MR) is 84.4 cm³/mol. The van der Waals surface area contributed by atoms with Crippen LogP contribution < -0.4 is 5.32 Å². The zero-order valence-corrected chi connectivity index (χ0v) is 13.3. The van der Waals surface area contributed by atoms with Crippen LogP contribution in [0.5, 0.6) is 0 Å². The summed E-state index contributed by atoms with van der Waals surface area (Å²) in [5.74, 6) is 2.95. The average Bonchev–Trinajstić information content (AvgIpc) is 2.74. The fourth-order valence-electron chi connectivity index (χ4n) is 4.79. The molecule has 2 aliphatic rings. The maximum Gasteiger partial charge on any atom is 0.0126 e. The third kappa shape index (κ3) is 4.21. The Balaban J connectivity index is 2.03. The second-order valence-electron chi connectivity index (χ2n) is 6.95. The van der Waals surface area contributed by atoms with Crippen molar-refractivity contribution in [2.75, 3.05) is 6.54 Å². The second-order valence-corrected chi connectivity index (χ2v) is 6.95. The van der Waals surface area contributed by atoms with Gasteiger partial charge >= 0.3 is 0 Å². The van der Waals surface area contributed by atoms with E-state index in [2.05, 4.69) is 19.2 Å². The van der Waals surface area contributed by atoms with Gasteiger partial charge in [-0.3, -0.25) is 0 Å². The Morgan fingerprint density at radius 1 is 0.842 bits per heavy atom. The van der Waals surface area contributed by atoms with E-state index in [0.29, 0.717) is 0 Å². The van der Waals surface area contributed by atoms with E-state index in [1.54, 1.807) is 0 Å². The number of hydrogen-bond acceptors (Lipinski definition) is 1. The first-order chi connectivity index (χ1) is 9.36. The summed E-state index contributed by atoms with van der Waals surface area (Å²) in [5.41, 5.74) is 0. The van der Waals surface area contributed by atoms with Gasteiger partial charge in [0, 0.05) is 6.04 Å². The van der Waals surface area contributed by atoms with Crippen LogP contribution in [-0.4, -0.2) is 12.6 Å². The monoisotopic (exact) mass is 265 g/mol. The van der Waals surface area contributed by atoms with E-state index in [9.17, 15) is 0 Å². The molecule has 19 heavy (non-hydrogen) atoms. The topological polar surface area (TPSA) is 12.0 Å². The quantitative estimate of drug-likeness (QED) is 0.678. The molecule has 0 spiro atoms. The molecule has 3 atom stereocenters. The molecule has 2 aliphatic carbocycles. The Bertz CT molecular complexity index is 230. The molecule has 0 aromatic rings. The second kappa shape index (κ2) is 8.29. The highest BCUT2D eigenvalue weighted by molar-refractivity contribution is 4.89. The van der Waals surface area contributed by atoms with Crippen molar-refractivity contribution >= 4 is 0 Å². The van der Waals surface area contributed by atoms with Gasteiger partial charge in [-0.1, -0.05) is 65.2 Å². The van der Waals surface area contributed by atoms with Gasteiger partial charge in [0.15, 0.2) is 0 Å². The lowest BCUT2D eigenvalue weighted by atomic mass is 9.69. The molecule has 0 aromatic heterocycles. The molecule has 1 nitrogen and oxygen atoms in total. The highest BCUT2D eigenvalue weighted by atomic mass is 14.9. The van der Waals surface area contributed by atoms with Gasteiger partial charge in [0.1, 0.15) is 0 Å². The summed E-state index contributed by atoms with van der Waals surface area (Å²) in [6.45, 7) is 5.88. The Kier molecular flexibility index (Phi) is 6.70. The van der Waals surface area contributed by atoms with Crippen LogP contribution in [0.1, 0.15) is 84.5 Å². The predicted octanol–water partition coefficient (Wildman–Crippen LogP) is 5.15. The third-order valence-corrected chi connectivity index (χ3v) is 5.80. The smallest absolute Gasteiger partial charge is 0.0126 e. The fraction of sp³-hybridized carbons (Fsp3) is 1.00. The van der Waals surface area contributed by atoms with E-state index in [1.807, 2.05) is 0 Å². The van der Waals surface area contributed by atoms with Gasteiger partial charge in [0.25, 0.3) is 0 Å². The van der Waals surface area contributed by atoms with Crippen LogP contribution in [0.2, 0.25) is 0 Å². The van der Waals surface area contributed by atoms with E-state index in [1.165, 1.54) is 70.6 Å². The number of rotatable bonds is 5. The van der Waals surface area contributed by atoms with Crippen LogP contribution in [0.25, 0.3) is 0 Å². The zero-order chi connectivity index (χ0) is 13.5. The Labute approximate surface area is 120 Å². The van der Waals surface area contributed by atoms with Gasteiger partial charge < -0.3 is 5.32 Å². The molecular formula is C18H35N. The molecule has 112 valence electrons. The summed E-state index contributed by atoms with van der Waals surface area (Å²) in [7, 11) is 0. The van der Waals surface area contributed by atoms with Gasteiger partial charge in [-0.15, -0.1) is 0 Å². The summed E-state index contributed by atoms with van der Waals surface area (Å²) in [6.07, 6.45) is 16.3. The van der Waals surface area contributed by atoms with E-state index >= 15 is 0 Å². The first-order valence-corrected chi connectivity index (χ1v) is 9.10. The van der Waals surface area contributed by atoms with E-state index in [0.717, 1.165) is 30.3 Å².